The lowest BCUT2D eigenvalue weighted by Gasteiger charge is -2.10. The molecule has 8 nitrogen and oxygen atoms in total. The van der Waals surface area contributed by atoms with Crippen LogP contribution in [0.1, 0.15) is 249 Å². The van der Waals surface area contributed by atoms with E-state index in [-0.39, 0.29) is 0 Å². The van der Waals surface area contributed by atoms with Crippen molar-refractivity contribution in [3.05, 3.63) is 70.8 Å². The molecule has 0 aliphatic rings. The maximum Gasteiger partial charge on any atom is 0.339 e. The van der Waals surface area contributed by atoms with Crippen LogP contribution in [0.25, 0.3) is 0 Å². The first kappa shape index (κ1) is 54.3. The fourth-order valence-electron chi connectivity index (χ4n) is 6.89. The monoisotopic (exact) mass is 837 g/mol. The summed E-state index contributed by atoms with van der Waals surface area (Å²) in [6, 6.07) is 13.5. The van der Waals surface area contributed by atoms with E-state index in [4.69, 9.17) is 18.9 Å². The van der Waals surface area contributed by atoms with E-state index in [1.54, 1.807) is 48.5 Å². The van der Waals surface area contributed by atoms with Crippen LogP contribution in [0.5, 0.6) is 0 Å². The van der Waals surface area contributed by atoms with Crippen molar-refractivity contribution >= 4 is 23.9 Å². The Hall–Kier alpha value is -3.68. The van der Waals surface area contributed by atoms with E-state index < -0.39 is 23.9 Å². The number of carbonyl (C=O) groups is 4. The van der Waals surface area contributed by atoms with Gasteiger partial charge in [-0.25, -0.2) is 19.2 Å². The Morgan fingerprint density at radius 2 is 0.450 bits per heavy atom. The molecule has 0 heterocycles. The Bertz CT molecular complexity index is 1270. The fourth-order valence-corrected chi connectivity index (χ4v) is 6.89. The number of hydrogen-bond acceptors (Lipinski definition) is 8. The predicted octanol–water partition coefficient (Wildman–Crippen LogP) is 15.0. The topological polar surface area (TPSA) is 105 Å². The molecule has 60 heavy (non-hydrogen) atoms. The number of esters is 4. The first-order chi connectivity index (χ1) is 29.4. The van der Waals surface area contributed by atoms with Crippen molar-refractivity contribution < 1.29 is 38.1 Å². The van der Waals surface area contributed by atoms with Crippen LogP contribution in [-0.2, 0) is 18.9 Å². The SMILES string of the molecule is CCCCCCCCCCOC(=O)c1ccccc1C(=O)OCCCCCCCCCC.CCCCCCCCOC(=O)c1ccccc1C(=O)OCCCCCCCC. The zero-order valence-electron chi connectivity index (χ0n) is 38.5. The summed E-state index contributed by atoms with van der Waals surface area (Å²) in [6.07, 6.45) is 32.8. The molecule has 0 aliphatic carbocycles. The summed E-state index contributed by atoms with van der Waals surface area (Å²) in [7, 11) is 0. The molecular formula is C52H84O8. The molecule has 0 unspecified atom stereocenters. The Labute approximate surface area is 365 Å². The van der Waals surface area contributed by atoms with Gasteiger partial charge < -0.3 is 18.9 Å². The number of carbonyl (C=O) groups excluding carboxylic acids is 4. The van der Waals surface area contributed by atoms with Crippen molar-refractivity contribution in [1.82, 2.24) is 0 Å². The number of hydrogen-bond donors (Lipinski definition) is 0. The number of benzene rings is 2. The van der Waals surface area contributed by atoms with Gasteiger partial charge in [-0.3, -0.25) is 0 Å². The Morgan fingerprint density at radius 3 is 0.633 bits per heavy atom. The van der Waals surface area contributed by atoms with Crippen LogP contribution in [0.3, 0.4) is 0 Å². The third-order valence-electron chi connectivity index (χ3n) is 10.7. The molecule has 0 atom stereocenters. The predicted molar refractivity (Wildman–Crippen MR) is 246 cm³/mol. The van der Waals surface area contributed by atoms with Crippen LogP contribution in [0.4, 0.5) is 0 Å². The molecule has 0 radical (unpaired) electrons. The summed E-state index contributed by atoms with van der Waals surface area (Å²) in [5.41, 5.74) is 1.18. The summed E-state index contributed by atoms with van der Waals surface area (Å²) in [4.78, 5) is 49.6. The van der Waals surface area contributed by atoms with E-state index in [1.165, 1.54) is 128 Å². The second-order valence-corrected chi connectivity index (χ2v) is 16.1. The number of rotatable bonds is 36. The van der Waals surface area contributed by atoms with Crippen molar-refractivity contribution in [2.45, 2.75) is 207 Å². The van der Waals surface area contributed by atoms with Gasteiger partial charge in [-0.15, -0.1) is 0 Å². The Kier molecular flexibility index (Phi) is 35.7. The number of ether oxygens (including phenoxy) is 4. The largest absolute Gasteiger partial charge is 0.462 e. The second-order valence-electron chi connectivity index (χ2n) is 16.1. The van der Waals surface area contributed by atoms with Crippen molar-refractivity contribution in [3.8, 4) is 0 Å². The molecule has 2 aromatic carbocycles. The average Bonchev–Trinajstić information content (AvgIpc) is 3.27. The molecule has 0 amide bonds. The van der Waals surface area contributed by atoms with Gasteiger partial charge in [0.25, 0.3) is 0 Å². The third kappa shape index (κ3) is 28.0. The average molecular weight is 837 g/mol. The Morgan fingerprint density at radius 1 is 0.283 bits per heavy atom. The van der Waals surface area contributed by atoms with Crippen LogP contribution in [0, 0.1) is 0 Å². The summed E-state index contributed by atoms with van der Waals surface area (Å²) >= 11 is 0. The minimum Gasteiger partial charge on any atom is -0.462 e. The minimum absolute atomic E-state index is 0.293. The quantitative estimate of drug-likeness (QED) is 0.0380. The van der Waals surface area contributed by atoms with Gasteiger partial charge in [0.15, 0.2) is 0 Å². The lowest BCUT2D eigenvalue weighted by Crippen LogP contribution is -2.15. The smallest absolute Gasteiger partial charge is 0.339 e. The minimum atomic E-state index is -0.444. The molecule has 0 fully saturated rings. The summed E-state index contributed by atoms with van der Waals surface area (Å²) < 4.78 is 21.5. The van der Waals surface area contributed by atoms with Crippen molar-refractivity contribution in [1.29, 1.82) is 0 Å². The molecule has 340 valence electrons. The summed E-state index contributed by atoms with van der Waals surface area (Å²) in [5.74, 6) is -1.76. The molecule has 0 aromatic heterocycles. The van der Waals surface area contributed by atoms with Crippen LogP contribution < -0.4 is 0 Å². The van der Waals surface area contributed by atoms with Crippen LogP contribution >= 0.6 is 0 Å². The Balaban J connectivity index is 0.000000605. The summed E-state index contributed by atoms with van der Waals surface area (Å²) in [6.45, 7) is 10.4. The van der Waals surface area contributed by atoms with E-state index >= 15 is 0 Å². The second kappa shape index (κ2) is 39.5. The standard InChI is InChI=1S/C28H46O4.C24H38O4/c1-3-5-7-9-11-13-15-19-23-31-27(29)25-21-17-18-22-26(25)28(30)32-24-20-16-14-12-10-8-6-4-2;1-3-5-7-9-11-15-19-27-23(25)21-17-13-14-18-22(21)24(26)28-20-16-12-10-8-6-4-2/h17-18,21-22H,3-16,19-20,23-24H2,1-2H3;13-14,17-18H,3-12,15-16,19-20H2,1-2H3. The van der Waals surface area contributed by atoms with Crippen molar-refractivity contribution in [2.75, 3.05) is 26.4 Å². The summed E-state index contributed by atoms with van der Waals surface area (Å²) in [5, 5.41) is 0. The van der Waals surface area contributed by atoms with Crippen LogP contribution in [0.15, 0.2) is 48.5 Å². The van der Waals surface area contributed by atoms with E-state index in [2.05, 4.69) is 27.7 Å². The molecular weight excluding hydrogens is 753 g/mol. The van der Waals surface area contributed by atoms with Gasteiger partial charge in [0.2, 0.25) is 0 Å². The lowest BCUT2D eigenvalue weighted by molar-refractivity contribution is 0.0450. The zero-order chi connectivity index (χ0) is 43.7. The number of unbranched alkanes of at least 4 members (excludes halogenated alkanes) is 24. The maximum absolute atomic E-state index is 12.5. The first-order valence-corrected chi connectivity index (χ1v) is 24.3. The third-order valence-corrected chi connectivity index (χ3v) is 10.7. The molecule has 0 N–H and O–H groups in total. The molecule has 8 heteroatoms. The molecule has 2 aromatic rings. The molecule has 0 saturated carbocycles. The van der Waals surface area contributed by atoms with E-state index in [0.717, 1.165) is 51.4 Å². The van der Waals surface area contributed by atoms with Gasteiger partial charge in [0.05, 0.1) is 48.7 Å². The molecule has 0 bridgehead atoms. The molecule has 2 rings (SSSR count). The molecule has 0 aliphatic heterocycles. The van der Waals surface area contributed by atoms with Gasteiger partial charge in [0, 0.05) is 0 Å². The van der Waals surface area contributed by atoms with E-state index in [1.807, 2.05) is 0 Å². The molecule has 0 saturated heterocycles. The van der Waals surface area contributed by atoms with Gasteiger partial charge in [-0.1, -0.05) is 206 Å². The van der Waals surface area contributed by atoms with Gasteiger partial charge in [0.1, 0.15) is 0 Å². The van der Waals surface area contributed by atoms with Gasteiger partial charge in [-0.2, -0.15) is 0 Å². The highest BCUT2D eigenvalue weighted by atomic mass is 16.5. The van der Waals surface area contributed by atoms with Crippen molar-refractivity contribution in [2.24, 2.45) is 0 Å². The first-order valence-electron chi connectivity index (χ1n) is 24.3. The maximum atomic E-state index is 12.5. The fraction of sp³-hybridized carbons (Fsp3) is 0.692. The lowest BCUT2D eigenvalue weighted by atomic mass is 10.1. The van der Waals surface area contributed by atoms with Gasteiger partial charge in [-0.05, 0) is 49.9 Å². The zero-order valence-corrected chi connectivity index (χ0v) is 38.5. The highest BCUT2D eigenvalue weighted by Crippen LogP contribution is 2.16. The normalized spacial score (nSPS) is 10.7. The highest BCUT2D eigenvalue weighted by Gasteiger charge is 2.20. The van der Waals surface area contributed by atoms with Gasteiger partial charge >= 0.3 is 23.9 Å². The van der Waals surface area contributed by atoms with Crippen LogP contribution in [0.2, 0.25) is 0 Å². The van der Waals surface area contributed by atoms with Crippen molar-refractivity contribution in [3.63, 3.8) is 0 Å². The van der Waals surface area contributed by atoms with E-state index in [9.17, 15) is 19.2 Å². The highest BCUT2D eigenvalue weighted by molar-refractivity contribution is 6.03. The van der Waals surface area contributed by atoms with Crippen LogP contribution in [-0.4, -0.2) is 50.3 Å². The molecule has 0 spiro atoms. The van der Waals surface area contributed by atoms with E-state index in [0.29, 0.717) is 48.7 Å².